The minimum Gasteiger partial charge on any atom is -0.462 e. The van der Waals surface area contributed by atoms with Gasteiger partial charge in [0.2, 0.25) is 0 Å². The van der Waals surface area contributed by atoms with Gasteiger partial charge in [-0.2, -0.15) is 0 Å². The third kappa shape index (κ3) is 4.22. The summed E-state index contributed by atoms with van der Waals surface area (Å²) in [5.41, 5.74) is 2.36. The Morgan fingerprint density at radius 1 is 1.35 bits per heavy atom. The first-order valence-electron chi connectivity index (χ1n) is 8.63. The lowest BCUT2D eigenvalue weighted by Crippen LogP contribution is -2.20. The third-order valence-corrected chi connectivity index (χ3v) is 5.69. The van der Waals surface area contributed by atoms with Gasteiger partial charge < -0.3 is 15.4 Å². The number of carbonyl (C=O) groups is 1. The average Bonchev–Trinajstić information content (AvgIpc) is 2.93. The number of fused-ring (bicyclic) bond motifs is 1. The normalized spacial score (nSPS) is 15.9. The van der Waals surface area contributed by atoms with Crippen molar-refractivity contribution >= 4 is 45.3 Å². The van der Waals surface area contributed by atoms with Gasteiger partial charge in [-0.05, 0) is 74.2 Å². The van der Waals surface area contributed by atoms with Crippen molar-refractivity contribution in [1.29, 1.82) is 0 Å². The summed E-state index contributed by atoms with van der Waals surface area (Å²) in [7, 11) is 0. The molecule has 0 fully saturated rings. The maximum Gasteiger partial charge on any atom is 0.341 e. The number of thiocarbonyl (C=S) groups is 1. The Bertz CT molecular complexity index is 818. The molecule has 26 heavy (non-hydrogen) atoms. The second-order valence-corrected chi connectivity index (χ2v) is 7.88. The minimum absolute atomic E-state index is 0.306. The van der Waals surface area contributed by atoms with Crippen LogP contribution < -0.4 is 10.6 Å². The van der Waals surface area contributed by atoms with Gasteiger partial charge in [-0.25, -0.2) is 9.18 Å². The zero-order valence-electron chi connectivity index (χ0n) is 14.7. The number of halogens is 1. The highest BCUT2D eigenvalue weighted by molar-refractivity contribution is 7.80. The van der Waals surface area contributed by atoms with Crippen LogP contribution in [0.2, 0.25) is 0 Å². The summed E-state index contributed by atoms with van der Waals surface area (Å²) in [5.74, 6) is -0.0148. The van der Waals surface area contributed by atoms with E-state index in [0.29, 0.717) is 33.9 Å². The molecule has 7 heteroatoms. The molecule has 1 atom stereocenters. The highest BCUT2D eigenvalue weighted by atomic mass is 32.1. The van der Waals surface area contributed by atoms with Gasteiger partial charge in [0, 0.05) is 10.6 Å². The van der Waals surface area contributed by atoms with Crippen LogP contribution in [0.1, 0.15) is 41.1 Å². The zero-order chi connectivity index (χ0) is 18.7. The van der Waals surface area contributed by atoms with Gasteiger partial charge in [-0.15, -0.1) is 11.3 Å². The predicted octanol–water partition coefficient (Wildman–Crippen LogP) is 5.00. The summed E-state index contributed by atoms with van der Waals surface area (Å²) in [6.45, 7) is 4.35. The van der Waals surface area contributed by atoms with E-state index in [1.807, 2.05) is 0 Å². The first kappa shape index (κ1) is 18.8. The van der Waals surface area contributed by atoms with Crippen LogP contribution in [0.5, 0.6) is 0 Å². The smallest absolute Gasteiger partial charge is 0.341 e. The van der Waals surface area contributed by atoms with Gasteiger partial charge in [-0.3, -0.25) is 0 Å². The van der Waals surface area contributed by atoms with Crippen LogP contribution in [-0.4, -0.2) is 17.7 Å². The summed E-state index contributed by atoms with van der Waals surface area (Å²) in [5, 5.41) is 7.21. The summed E-state index contributed by atoms with van der Waals surface area (Å²) < 4.78 is 18.3. The number of nitrogens with one attached hydrogen (secondary N) is 2. The van der Waals surface area contributed by atoms with E-state index in [9.17, 15) is 9.18 Å². The molecule has 0 saturated heterocycles. The van der Waals surface area contributed by atoms with Crippen LogP contribution in [0.25, 0.3) is 0 Å². The lowest BCUT2D eigenvalue weighted by Gasteiger charge is -2.18. The lowest BCUT2D eigenvalue weighted by molar-refractivity contribution is 0.0526. The molecule has 0 spiro atoms. The average molecular weight is 393 g/mol. The van der Waals surface area contributed by atoms with Gasteiger partial charge in [0.05, 0.1) is 12.2 Å². The van der Waals surface area contributed by atoms with Crippen molar-refractivity contribution in [2.24, 2.45) is 5.92 Å². The number of hydrogen-bond donors (Lipinski definition) is 2. The van der Waals surface area contributed by atoms with Gasteiger partial charge in [0.15, 0.2) is 5.11 Å². The zero-order valence-corrected chi connectivity index (χ0v) is 16.4. The molecule has 1 aromatic carbocycles. The molecule has 1 aliphatic carbocycles. The number of thiophene rings is 1. The van der Waals surface area contributed by atoms with E-state index in [4.69, 9.17) is 17.0 Å². The second-order valence-electron chi connectivity index (χ2n) is 6.36. The number of carbonyl (C=O) groups excluding carboxylic acids is 1. The number of esters is 1. The molecule has 2 aromatic rings. The number of hydrogen-bond acceptors (Lipinski definition) is 4. The molecule has 0 amide bonds. The van der Waals surface area contributed by atoms with Gasteiger partial charge in [-0.1, -0.05) is 6.92 Å². The Hall–Kier alpha value is -1.99. The van der Waals surface area contributed by atoms with Crippen LogP contribution in [0.3, 0.4) is 0 Å². The largest absolute Gasteiger partial charge is 0.462 e. The van der Waals surface area contributed by atoms with Crippen LogP contribution in [-0.2, 0) is 17.6 Å². The molecule has 4 nitrogen and oxygen atoms in total. The monoisotopic (exact) mass is 392 g/mol. The van der Waals surface area contributed by atoms with E-state index in [1.165, 1.54) is 17.0 Å². The maximum absolute atomic E-state index is 13.0. The maximum atomic E-state index is 13.0. The fourth-order valence-electron chi connectivity index (χ4n) is 3.06. The molecule has 0 saturated carbocycles. The number of benzene rings is 1. The fourth-order valence-corrected chi connectivity index (χ4v) is 4.74. The summed E-state index contributed by atoms with van der Waals surface area (Å²) >= 11 is 6.93. The third-order valence-electron chi connectivity index (χ3n) is 4.32. The predicted molar refractivity (Wildman–Crippen MR) is 108 cm³/mol. The van der Waals surface area contributed by atoms with Gasteiger partial charge in [0.1, 0.15) is 10.8 Å². The molecule has 2 N–H and O–H groups in total. The van der Waals surface area contributed by atoms with Crippen molar-refractivity contribution in [3.8, 4) is 0 Å². The number of rotatable bonds is 4. The molecule has 0 unspecified atom stereocenters. The molecule has 0 bridgehead atoms. The molecule has 1 heterocycles. The Morgan fingerprint density at radius 3 is 2.77 bits per heavy atom. The van der Waals surface area contributed by atoms with Crippen molar-refractivity contribution in [2.45, 2.75) is 33.1 Å². The van der Waals surface area contributed by atoms with Crippen LogP contribution in [0.15, 0.2) is 24.3 Å². The van der Waals surface area contributed by atoms with Crippen molar-refractivity contribution in [3.05, 3.63) is 46.1 Å². The van der Waals surface area contributed by atoms with Crippen LogP contribution in [0, 0.1) is 11.7 Å². The van der Waals surface area contributed by atoms with Gasteiger partial charge >= 0.3 is 5.97 Å². The second kappa shape index (κ2) is 8.14. The fraction of sp³-hybridized carbons (Fsp3) is 0.368. The molecule has 1 aliphatic rings. The molecule has 0 radical (unpaired) electrons. The summed E-state index contributed by atoms with van der Waals surface area (Å²) in [6, 6.07) is 5.94. The van der Waals surface area contributed by atoms with Crippen molar-refractivity contribution in [1.82, 2.24) is 0 Å². The first-order chi connectivity index (χ1) is 12.5. The van der Waals surface area contributed by atoms with Crippen molar-refractivity contribution < 1.29 is 13.9 Å². The first-order valence-corrected chi connectivity index (χ1v) is 9.85. The lowest BCUT2D eigenvalue weighted by atomic mass is 9.88. The Balaban J connectivity index is 1.82. The van der Waals surface area contributed by atoms with E-state index in [0.717, 1.165) is 24.8 Å². The highest BCUT2D eigenvalue weighted by Crippen LogP contribution is 2.40. The van der Waals surface area contributed by atoms with E-state index in [2.05, 4.69) is 17.6 Å². The minimum atomic E-state index is -0.313. The Kier molecular flexibility index (Phi) is 5.88. The molecule has 1 aromatic heterocycles. The molecular formula is C19H21FN2O2S2. The number of ether oxygens (including phenoxy) is 1. The van der Waals surface area contributed by atoms with Crippen LogP contribution >= 0.6 is 23.6 Å². The Morgan fingerprint density at radius 2 is 2.08 bits per heavy atom. The molecular weight excluding hydrogens is 371 g/mol. The van der Waals surface area contributed by atoms with Gasteiger partial charge in [0.25, 0.3) is 0 Å². The quantitative estimate of drug-likeness (QED) is 0.567. The summed E-state index contributed by atoms with van der Waals surface area (Å²) in [6.07, 6.45) is 2.90. The number of anilines is 2. The van der Waals surface area contributed by atoms with E-state index in [1.54, 1.807) is 30.4 Å². The van der Waals surface area contributed by atoms with E-state index in [-0.39, 0.29) is 11.8 Å². The molecule has 0 aliphatic heterocycles. The van der Waals surface area contributed by atoms with Crippen molar-refractivity contribution in [3.63, 3.8) is 0 Å². The standard InChI is InChI=1S/C19H21FN2O2S2/c1-3-24-18(23)16-14-9-4-11(2)10-15(14)26-17(16)22-19(25)21-13-7-5-12(20)6-8-13/h5-8,11H,3-4,9-10H2,1-2H3,(H2,21,22,25)/t11-/m1/s1. The molecule has 138 valence electrons. The van der Waals surface area contributed by atoms with E-state index < -0.39 is 0 Å². The topological polar surface area (TPSA) is 50.4 Å². The van der Waals surface area contributed by atoms with Crippen LogP contribution in [0.4, 0.5) is 15.1 Å². The highest BCUT2D eigenvalue weighted by Gasteiger charge is 2.28. The molecule has 3 rings (SSSR count). The van der Waals surface area contributed by atoms with Crippen molar-refractivity contribution in [2.75, 3.05) is 17.2 Å². The SMILES string of the molecule is CCOC(=O)c1c(NC(=S)Nc2ccc(F)cc2)sc2c1CC[C@@H](C)C2. The van der Waals surface area contributed by atoms with E-state index >= 15 is 0 Å². The summed E-state index contributed by atoms with van der Waals surface area (Å²) in [4.78, 5) is 13.7. The Labute approximate surface area is 161 Å².